The van der Waals surface area contributed by atoms with Gasteiger partial charge in [0.2, 0.25) is 0 Å². The molecule has 3 rings (SSSR count). The maximum atomic E-state index is 12.5. The van der Waals surface area contributed by atoms with E-state index in [1.54, 1.807) is 31.6 Å². The highest BCUT2D eigenvalue weighted by molar-refractivity contribution is 7.15. The number of ether oxygens (including phenoxy) is 3. The van der Waals surface area contributed by atoms with Crippen molar-refractivity contribution in [3.05, 3.63) is 75.7 Å². The number of esters is 1. The Hall–Kier alpha value is -3.39. The minimum absolute atomic E-state index is 0.264. The standard InChI is InChI=1S/C22H22N2O5S/c1-14(24-21(25)19-6-7-20(30-19)22(26)28-3)16-4-5-17(18(12-16)27-2)29-13-15-8-10-23-11-9-15/h4-12,14H,13H2,1-3H3,(H,24,25). The molecule has 30 heavy (non-hydrogen) atoms. The number of hydrogen-bond acceptors (Lipinski definition) is 7. The summed E-state index contributed by atoms with van der Waals surface area (Å²) in [6, 6.07) is 12.2. The first-order chi connectivity index (χ1) is 14.5. The Kier molecular flexibility index (Phi) is 7.03. The van der Waals surface area contributed by atoms with Crippen LogP contribution >= 0.6 is 11.3 Å². The molecule has 1 amide bonds. The molecule has 0 spiro atoms. The number of amides is 1. The van der Waals surface area contributed by atoms with Gasteiger partial charge in [-0.05, 0) is 54.4 Å². The molecular weight excluding hydrogens is 404 g/mol. The summed E-state index contributed by atoms with van der Waals surface area (Å²) >= 11 is 1.09. The molecule has 0 fully saturated rings. The molecule has 1 aromatic carbocycles. The third-order valence-electron chi connectivity index (χ3n) is 4.40. The van der Waals surface area contributed by atoms with Crippen LogP contribution in [0, 0.1) is 0 Å². The van der Waals surface area contributed by atoms with Crippen molar-refractivity contribution in [1.29, 1.82) is 0 Å². The lowest BCUT2D eigenvalue weighted by molar-refractivity contribution is 0.0606. The topological polar surface area (TPSA) is 86.8 Å². The summed E-state index contributed by atoms with van der Waals surface area (Å²) in [6.45, 7) is 2.27. The molecule has 8 heteroatoms. The fraction of sp³-hybridized carbons (Fsp3) is 0.227. The van der Waals surface area contributed by atoms with Crippen LogP contribution in [0.2, 0.25) is 0 Å². The van der Waals surface area contributed by atoms with Gasteiger partial charge in [-0.2, -0.15) is 0 Å². The number of benzene rings is 1. The first-order valence-electron chi connectivity index (χ1n) is 9.20. The molecule has 2 heterocycles. The molecule has 1 atom stereocenters. The molecule has 7 nitrogen and oxygen atoms in total. The molecule has 2 aromatic heterocycles. The summed E-state index contributed by atoms with van der Waals surface area (Å²) in [5.74, 6) is 0.461. The summed E-state index contributed by atoms with van der Waals surface area (Å²) in [6.07, 6.45) is 3.43. The van der Waals surface area contributed by atoms with E-state index in [4.69, 9.17) is 9.47 Å². The number of carbonyl (C=O) groups is 2. The van der Waals surface area contributed by atoms with Crippen molar-refractivity contribution in [3.8, 4) is 11.5 Å². The van der Waals surface area contributed by atoms with Gasteiger partial charge >= 0.3 is 5.97 Å². The Labute approximate surface area is 178 Å². The summed E-state index contributed by atoms with van der Waals surface area (Å²) in [4.78, 5) is 28.9. The number of hydrogen-bond donors (Lipinski definition) is 1. The number of thiophene rings is 1. The molecule has 1 N–H and O–H groups in total. The van der Waals surface area contributed by atoms with Gasteiger partial charge in [0.15, 0.2) is 11.5 Å². The Balaban J connectivity index is 1.66. The van der Waals surface area contributed by atoms with E-state index in [1.165, 1.54) is 7.11 Å². The van der Waals surface area contributed by atoms with Crippen LogP contribution in [-0.2, 0) is 11.3 Å². The molecule has 0 saturated carbocycles. The van der Waals surface area contributed by atoms with E-state index in [2.05, 4.69) is 15.0 Å². The smallest absolute Gasteiger partial charge is 0.348 e. The monoisotopic (exact) mass is 426 g/mol. The molecule has 1 unspecified atom stereocenters. The highest BCUT2D eigenvalue weighted by Crippen LogP contribution is 2.31. The van der Waals surface area contributed by atoms with E-state index >= 15 is 0 Å². The molecule has 0 saturated heterocycles. The second kappa shape index (κ2) is 9.89. The average Bonchev–Trinajstić information content (AvgIpc) is 3.28. The zero-order valence-electron chi connectivity index (χ0n) is 16.9. The first kappa shape index (κ1) is 21.3. The number of nitrogens with zero attached hydrogens (tertiary/aromatic N) is 1. The van der Waals surface area contributed by atoms with E-state index in [0.717, 1.165) is 22.5 Å². The van der Waals surface area contributed by atoms with Gasteiger partial charge in [-0.1, -0.05) is 6.07 Å². The van der Waals surface area contributed by atoms with Crippen LogP contribution in [0.5, 0.6) is 11.5 Å². The van der Waals surface area contributed by atoms with E-state index < -0.39 is 5.97 Å². The van der Waals surface area contributed by atoms with Crippen molar-refractivity contribution in [1.82, 2.24) is 10.3 Å². The van der Waals surface area contributed by atoms with Crippen LogP contribution in [0.3, 0.4) is 0 Å². The number of methoxy groups -OCH3 is 2. The molecule has 3 aromatic rings. The van der Waals surface area contributed by atoms with Gasteiger partial charge in [-0.3, -0.25) is 9.78 Å². The molecule has 0 radical (unpaired) electrons. The third kappa shape index (κ3) is 5.15. The van der Waals surface area contributed by atoms with Gasteiger partial charge in [0.05, 0.1) is 25.1 Å². The summed E-state index contributed by atoms with van der Waals surface area (Å²) in [5, 5.41) is 2.93. The minimum Gasteiger partial charge on any atom is -0.493 e. The van der Waals surface area contributed by atoms with Crippen molar-refractivity contribution in [2.45, 2.75) is 19.6 Å². The van der Waals surface area contributed by atoms with Crippen LogP contribution in [0.4, 0.5) is 0 Å². The van der Waals surface area contributed by atoms with Crippen LogP contribution in [0.1, 0.15) is 43.4 Å². The van der Waals surface area contributed by atoms with E-state index in [1.807, 2.05) is 37.3 Å². The largest absolute Gasteiger partial charge is 0.493 e. The zero-order chi connectivity index (χ0) is 21.5. The fourth-order valence-electron chi connectivity index (χ4n) is 2.73. The third-order valence-corrected chi connectivity index (χ3v) is 5.46. The molecule has 156 valence electrons. The zero-order valence-corrected chi connectivity index (χ0v) is 17.7. The van der Waals surface area contributed by atoms with Gasteiger partial charge in [0.25, 0.3) is 5.91 Å². The van der Waals surface area contributed by atoms with Crippen molar-refractivity contribution < 1.29 is 23.8 Å². The Morgan fingerprint density at radius 2 is 1.77 bits per heavy atom. The second-order valence-corrected chi connectivity index (χ2v) is 7.49. The lowest BCUT2D eigenvalue weighted by atomic mass is 10.1. The average molecular weight is 426 g/mol. The number of aromatic nitrogens is 1. The Morgan fingerprint density at radius 1 is 1.03 bits per heavy atom. The van der Waals surface area contributed by atoms with Crippen molar-refractivity contribution in [2.75, 3.05) is 14.2 Å². The summed E-state index contributed by atoms with van der Waals surface area (Å²) in [5.41, 5.74) is 1.86. The highest BCUT2D eigenvalue weighted by atomic mass is 32.1. The fourth-order valence-corrected chi connectivity index (χ4v) is 3.56. The maximum absolute atomic E-state index is 12.5. The van der Waals surface area contributed by atoms with Crippen LogP contribution in [0.15, 0.2) is 54.9 Å². The van der Waals surface area contributed by atoms with Crippen molar-refractivity contribution in [3.63, 3.8) is 0 Å². The Bertz CT molecular complexity index is 1020. The predicted molar refractivity (Wildman–Crippen MR) is 113 cm³/mol. The lowest BCUT2D eigenvalue weighted by Gasteiger charge is -2.17. The maximum Gasteiger partial charge on any atom is 0.348 e. The molecule has 0 bridgehead atoms. The van der Waals surface area contributed by atoms with Gasteiger partial charge in [0, 0.05) is 12.4 Å². The van der Waals surface area contributed by atoms with E-state index in [9.17, 15) is 9.59 Å². The molecule has 0 aliphatic rings. The van der Waals surface area contributed by atoms with Crippen LogP contribution in [0.25, 0.3) is 0 Å². The SMILES string of the molecule is COC(=O)c1ccc(C(=O)NC(C)c2ccc(OCc3ccncc3)c(OC)c2)s1. The molecule has 0 aliphatic carbocycles. The van der Waals surface area contributed by atoms with Gasteiger partial charge in [-0.25, -0.2) is 4.79 Å². The van der Waals surface area contributed by atoms with Gasteiger partial charge in [0.1, 0.15) is 11.5 Å². The van der Waals surface area contributed by atoms with Crippen molar-refractivity contribution >= 4 is 23.2 Å². The van der Waals surface area contributed by atoms with E-state index in [-0.39, 0.29) is 11.9 Å². The van der Waals surface area contributed by atoms with Gasteiger partial charge < -0.3 is 19.5 Å². The lowest BCUT2D eigenvalue weighted by Crippen LogP contribution is -2.25. The molecule has 0 aliphatic heterocycles. The van der Waals surface area contributed by atoms with Crippen molar-refractivity contribution in [2.24, 2.45) is 0 Å². The number of pyridine rings is 1. The summed E-state index contributed by atoms with van der Waals surface area (Å²) in [7, 11) is 2.88. The molecular formula is C22H22N2O5S. The number of nitrogens with one attached hydrogen (secondary N) is 1. The predicted octanol–water partition coefficient (Wildman–Crippen LogP) is 4.01. The minimum atomic E-state index is -0.459. The number of carbonyl (C=O) groups excluding carboxylic acids is 2. The van der Waals surface area contributed by atoms with Gasteiger partial charge in [-0.15, -0.1) is 11.3 Å². The quantitative estimate of drug-likeness (QED) is 0.548. The highest BCUT2D eigenvalue weighted by Gasteiger charge is 2.17. The van der Waals surface area contributed by atoms with Crippen LogP contribution < -0.4 is 14.8 Å². The summed E-state index contributed by atoms with van der Waals surface area (Å²) < 4.78 is 16.0. The first-order valence-corrected chi connectivity index (χ1v) is 10.0. The number of rotatable bonds is 8. The van der Waals surface area contributed by atoms with E-state index in [0.29, 0.717) is 27.9 Å². The van der Waals surface area contributed by atoms with Crippen LogP contribution in [-0.4, -0.2) is 31.1 Å². The second-order valence-electron chi connectivity index (χ2n) is 6.41. The Morgan fingerprint density at radius 3 is 2.47 bits per heavy atom. The normalized spacial score (nSPS) is 11.4.